The fraction of sp³-hybridized carbons (Fsp3) is 0.227. The predicted octanol–water partition coefficient (Wildman–Crippen LogP) is 4.28. The van der Waals surface area contributed by atoms with Crippen LogP contribution in [-0.2, 0) is 21.2 Å². The Kier molecular flexibility index (Phi) is 5.87. The molecule has 1 N–H and O–H groups in total. The van der Waals surface area contributed by atoms with Gasteiger partial charge in [0.05, 0.1) is 11.7 Å². The van der Waals surface area contributed by atoms with Crippen LogP contribution in [0.25, 0.3) is 0 Å². The Morgan fingerprint density at radius 3 is 2.60 bits per heavy atom. The van der Waals surface area contributed by atoms with E-state index in [1.165, 1.54) is 35.9 Å². The number of carbonyl (C=O) groups excluding carboxylic acids is 1. The third kappa shape index (κ3) is 4.24. The van der Waals surface area contributed by atoms with Gasteiger partial charge in [-0.05, 0) is 66.1 Å². The Morgan fingerprint density at radius 1 is 1.10 bits per heavy atom. The number of rotatable bonds is 6. The molecule has 0 bridgehead atoms. The van der Waals surface area contributed by atoms with Crippen LogP contribution in [-0.4, -0.2) is 20.9 Å². The molecular weight excluding hydrogens is 423 g/mol. The van der Waals surface area contributed by atoms with Gasteiger partial charge in [0.15, 0.2) is 0 Å². The Bertz CT molecular complexity index is 1130. The van der Waals surface area contributed by atoms with Crippen molar-refractivity contribution >= 4 is 33.0 Å². The number of amides is 1. The summed E-state index contributed by atoms with van der Waals surface area (Å²) in [4.78, 5) is 12.9. The average Bonchev–Trinajstić information content (AvgIpc) is 3.29. The molecule has 4 rings (SSSR count). The number of nitrogens with zero attached hydrogens (tertiary/aromatic N) is 1. The number of fused-ring (bicyclic) bond motifs is 1. The van der Waals surface area contributed by atoms with Gasteiger partial charge in [0.25, 0.3) is 10.0 Å². The minimum absolute atomic E-state index is 0.127. The number of nitrogens with one attached hydrogen (secondary N) is 1. The summed E-state index contributed by atoms with van der Waals surface area (Å²) in [6.45, 7) is -0.384. The van der Waals surface area contributed by atoms with Crippen molar-refractivity contribution in [2.75, 3.05) is 10.8 Å². The molecule has 1 amide bonds. The van der Waals surface area contributed by atoms with E-state index in [0.29, 0.717) is 0 Å². The summed E-state index contributed by atoms with van der Waals surface area (Å²) >= 11 is 1.07. The van der Waals surface area contributed by atoms with E-state index in [4.69, 9.17) is 0 Å². The SMILES string of the molecule is O=C(CN(c1ccc(F)cc1)S(=O)(=O)c1cccs1)NC1CCCc2ccccc21. The lowest BCUT2D eigenvalue weighted by Crippen LogP contribution is -2.42. The van der Waals surface area contributed by atoms with Crippen LogP contribution in [0.3, 0.4) is 0 Å². The van der Waals surface area contributed by atoms with Gasteiger partial charge in [-0.25, -0.2) is 12.8 Å². The van der Waals surface area contributed by atoms with Crippen molar-refractivity contribution in [3.63, 3.8) is 0 Å². The molecule has 5 nitrogen and oxygen atoms in total. The molecule has 156 valence electrons. The second-order valence-electron chi connectivity index (χ2n) is 7.13. The van der Waals surface area contributed by atoms with E-state index >= 15 is 0 Å². The van der Waals surface area contributed by atoms with Crippen LogP contribution in [0, 0.1) is 5.82 Å². The van der Waals surface area contributed by atoms with Gasteiger partial charge in [-0.3, -0.25) is 9.10 Å². The van der Waals surface area contributed by atoms with Gasteiger partial charge in [-0.2, -0.15) is 0 Å². The van der Waals surface area contributed by atoms with Gasteiger partial charge in [-0.15, -0.1) is 11.3 Å². The van der Waals surface area contributed by atoms with Crippen LogP contribution in [0.5, 0.6) is 0 Å². The summed E-state index contributed by atoms with van der Waals surface area (Å²) in [7, 11) is -3.95. The topological polar surface area (TPSA) is 66.5 Å². The molecule has 1 aliphatic rings. The maximum absolute atomic E-state index is 13.4. The van der Waals surface area contributed by atoms with Gasteiger partial charge >= 0.3 is 0 Å². The second kappa shape index (κ2) is 8.57. The zero-order chi connectivity index (χ0) is 21.1. The summed E-state index contributed by atoms with van der Waals surface area (Å²) in [6.07, 6.45) is 2.73. The number of halogens is 1. The third-order valence-corrected chi connectivity index (χ3v) is 8.29. The first-order valence-electron chi connectivity index (χ1n) is 9.64. The summed E-state index contributed by atoms with van der Waals surface area (Å²) in [5.41, 5.74) is 2.52. The molecule has 0 spiro atoms. The molecule has 30 heavy (non-hydrogen) atoms. The highest BCUT2D eigenvalue weighted by Gasteiger charge is 2.29. The lowest BCUT2D eigenvalue weighted by Gasteiger charge is -2.28. The van der Waals surface area contributed by atoms with Crippen molar-refractivity contribution in [1.29, 1.82) is 0 Å². The number of benzene rings is 2. The molecule has 0 aliphatic heterocycles. The number of aryl methyl sites for hydroxylation is 1. The van der Waals surface area contributed by atoms with E-state index < -0.39 is 21.7 Å². The van der Waals surface area contributed by atoms with Crippen LogP contribution in [0.1, 0.15) is 30.0 Å². The average molecular weight is 445 g/mol. The fourth-order valence-corrected chi connectivity index (χ4v) is 6.24. The van der Waals surface area contributed by atoms with Gasteiger partial charge in [0, 0.05) is 0 Å². The standard InChI is InChI=1S/C22H21FN2O3S2/c23-17-10-12-18(13-11-17)25(30(27,28)22-9-4-14-29-22)15-21(26)24-20-8-3-6-16-5-1-2-7-19(16)20/h1-2,4-5,7,9-14,20H,3,6,8,15H2,(H,24,26). The van der Waals surface area contributed by atoms with Crippen LogP contribution >= 0.6 is 11.3 Å². The van der Waals surface area contributed by atoms with E-state index in [0.717, 1.165) is 40.5 Å². The number of thiophene rings is 1. The van der Waals surface area contributed by atoms with Gasteiger partial charge in [0.1, 0.15) is 16.6 Å². The molecule has 0 saturated carbocycles. The first kappa shape index (κ1) is 20.6. The lowest BCUT2D eigenvalue weighted by molar-refractivity contribution is -0.120. The third-order valence-electron chi connectivity index (χ3n) is 5.15. The largest absolute Gasteiger partial charge is 0.348 e. The number of sulfonamides is 1. The molecule has 8 heteroatoms. The summed E-state index contributed by atoms with van der Waals surface area (Å²) in [6, 6.07) is 16.0. The van der Waals surface area contributed by atoms with E-state index in [1.54, 1.807) is 11.4 Å². The maximum Gasteiger partial charge on any atom is 0.274 e. The Morgan fingerprint density at radius 2 is 1.87 bits per heavy atom. The molecule has 1 unspecified atom stereocenters. The number of hydrogen-bond acceptors (Lipinski definition) is 4. The number of hydrogen-bond donors (Lipinski definition) is 1. The van der Waals surface area contributed by atoms with Crippen molar-refractivity contribution < 1.29 is 17.6 Å². The van der Waals surface area contributed by atoms with Crippen molar-refractivity contribution in [2.45, 2.75) is 29.5 Å². The highest BCUT2D eigenvalue weighted by atomic mass is 32.2. The molecule has 0 fully saturated rings. The Labute approximate surface area is 179 Å². The van der Waals surface area contributed by atoms with Crippen molar-refractivity contribution in [2.24, 2.45) is 0 Å². The van der Waals surface area contributed by atoms with E-state index in [2.05, 4.69) is 11.4 Å². The fourth-order valence-electron chi connectivity index (χ4n) is 3.72. The zero-order valence-corrected chi connectivity index (χ0v) is 17.8. The molecule has 1 aromatic heterocycles. The zero-order valence-electron chi connectivity index (χ0n) is 16.1. The highest BCUT2D eigenvalue weighted by Crippen LogP contribution is 2.30. The molecule has 1 aliphatic carbocycles. The van der Waals surface area contributed by atoms with Crippen LogP contribution in [0.2, 0.25) is 0 Å². The quantitative estimate of drug-likeness (QED) is 0.617. The molecular formula is C22H21FN2O3S2. The van der Waals surface area contributed by atoms with Crippen LogP contribution < -0.4 is 9.62 Å². The van der Waals surface area contributed by atoms with E-state index in [9.17, 15) is 17.6 Å². The summed E-state index contributed by atoms with van der Waals surface area (Å²) < 4.78 is 40.9. The minimum atomic E-state index is -3.95. The smallest absolute Gasteiger partial charge is 0.274 e. The maximum atomic E-state index is 13.4. The van der Waals surface area contributed by atoms with Crippen molar-refractivity contribution in [3.05, 3.63) is 83.0 Å². The molecule has 0 saturated heterocycles. The molecule has 2 aromatic carbocycles. The first-order chi connectivity index (χ1) is 14.4. The van der Waals surface area contributed by atoms with Gasteiger partial charge in [-0.1, -0.05) is 30.3 Å². The normalized spacial score (nSPS) is 16.0. The number of carbonyl (C=O) groups is 1. The lowest BCUT2D eigenvalue weighted by atomic mass is 9.88. The van der Waals surface area contributed by atoms with E-state index in [1.807, 2.05) is 18.2 Å². The molecule has 1 heterocycles. The molecule has 3 aromatic rings. The van der Waals surface area contributed by atoms with Gasteiger partial charge < -0.3 is 5.32 Å². The highest BCUT2D eigenvalue weighted by molar-refractivity contribution is 7.94. The monoisotopic (exact) mass is 444 g/mol. The van der Waals surface area contributed by atoms with Crippen molar-refractivity contribution in [1.82, 2.24) is 5.32 Å². The predicted molar refractivity (Wildman–Crippen MR) is 116 cm³/mol. The Balaban J connectivity index is 1.59. The van der Waals surface area contributed by atoms with Crippen molar-refractivity contribution in [3.8, 4) is 0 Å². The summed E-state index contributed by atoms with van der Waals surface area (Å²) in [5.74, 6) is -0.878. The van der Waals surface area contributed by atoms with E-state index in [-0.39, 0.29) is 22.5 Å². The Hall–Kier alpha value is -2.71. The number of anilines is 1. The van der Waals surface area contributed by atoms with Crippen LogP contribution in [0.4, 0.5) is 10.1 Å². The summed E-state index contributed by atoms with van der Waals surface area (Å²) in [5, 5.41) is 4.65. The minimum Gasteiger partial charge on any atom is -0.348 e. The molecule has 1 atom stereocenters. The van der Waals surface area contributed by atoms with Gasteiger partial charge in [0.2, 0.25) is 5.91 Å². The first-order valence-corrected chi connectivity index (χ1v) is 12.0. The van der Waals surface area contributed by atoms with Crippen LogP contribution in [0.15, 0.2) is 70.3 Å². The second-order valence-corrected chi connectivity index (χ2v) is 10.2. The molecule has 0 radical (unpaired) electrons.